The smallest absolute Gasteiger partial charge is 0.245 e. The second-order valence-electron chi connectivity index (χ2n) is 9.25. The number of ether oxygens (including phenoxy) is 1. The van der Waals surface area contributed by atoms with Crippen molar-refractivity contribution in [3.8, 4) is 0 Å². The van der Waals surface area contributed by atoms with E-state index >= 15 is 0 Å². The molecule has 7 nitrogen and oxygen atoms in total. The number of rotatable bonds is 2. The van der Waals surface area contributed by atoms with E-state index in [2.05, 4.69) is 5.32 Å². The highest BCUT2D eigenvalue weighted by atomic mass is 35.5. The van der Waals surface area contributed by atoms with E-state index in [-0.39, 0.29) is 16.2 Å². The molecule has 9 heteroatoms. The average Bonchev–Trinajstić information content (AvgIpc) is 3.18. The van der Waals surface area contributed by atoms with Crippen LogP contribution in [0.2, 0.25) is 5.02 Å². The quantitative estimate of drug-likeness (QED) is 0.373. The predicted molar refractivity (Wildman–Crippen MR) is 143 cm³/mol. The maximum atomic E-state index is 14.3. The summed E-state index contributed by atoms with van der Waals surface area (Å²) in [6.45, 7) is 0. The van der Waals surface area contributed by atoms with Crippen LogP contribution in [-0.4, -0.2) is 20.1 Å². The molecule has 4 aromatic rings. The Kier molecular flexibility index (Phi) is 4.53. The van der Waals surface area contributed by atoms with Crippen LogP contribution < -0.4 is 11.1 Å². The van der Waals surface area contributed by atoms with E-state index in [0.29, 0.717) is 32.8 Å². The number of hydrogen-bond acceptors (Lipinski definition) is 6. The van der Waals surface area contributed by atoms with Crippen LogP contribution in [-0.2, 0) is 24.8 Å². The summed E-state index contributed by atoms with van der Waals surface area (Å²) in [4.78, 5) is 27.8. The zero-order chi connectivity index (χ0) is 26.4. The summed E-state index contributed by atoms with van der Waals surface area (Å²) in [5.74, 6) is -1.62. The van der Waals surface area contributed by atoms with E-state index in [1.165, 1.54) is 24.3 Å². The van der Waals surface area contributed by atoms with Gasteiger partial charge in [0.25, 0.3) is 0 Å². The van der Waals surface area contributed by atoms with Crippen LogP contribution in [0.3, 0.4) is 0 Å². The fourth-order valence-corrected chi connectivity index (χ4v) is 7.66. The van der Waals surface area contributed by atoms with Crippen molar-refractivity contribution in [1.82, 2.24) is 0 Å². The van der Waals surface area contributed by atoms with Gasteiger partial charge in [0.05, 0.1) is 10.5 Å². The Bertz CT molecular complexity index is 1940. The molecule has 3 N–H and O–H groups in total. The molecule has 1 unspecified atom stereocenters. The van der Waals surface area contributed by atoms with E-state index in [1.54, 1.807) is 48.5 Å². The van der Waals surface area contributed by atoms with Crippen molar-refractivity contribution < 1.29 is 22.7 Å². The van der Waals surface area contributed by atoms with Gasteiger partial charge in [-0.25, -0.2) is 8.42 Å². The third kappa shape index (κ3) is 2.70. The minimum Gasteiger partial charge on any atom is -0.439 e. The van der Waals surface area contributed by atoms with Crippen LogP contribution in [0.1, 0.15) is 21.5 Å². The van der Waals surface area contributed by atoms with Crippen LogP contribution in [0.5, 0.6) is 0 Å². The van der Waals surface area contributed by atoms with Gasteiger partial charge in [-0.3, -0.25) is 9.59 Å². The first-order chi connectivity index (χ1) is 18.3. The van der Waals surface area contributed by atoms with Crippen LogP contribution in [0.15, 0.2) is 106 Å². The summed E-state index contributed by atoms with van der Waals surface area (Å²) in [5.41, 5.74) is 5.84. The monoisotopic (exact) mass is 540 g/mol. The fraction of sp³-hybridized carbons (Fsp3) is 0.0345. The zero-order valence-corrected chi connectivity index (χ0v) is 21.1. The zero-order valence-electron chi connectivity index (χ0n) is 19.5. The van der Waals surface area contributed by atoms with E-state index in [4.69, 9.17) is 22.1 Å². The molecule has 3 aliphatic rings. The van der Waals surface area contributed by atoms with Gasteiger partial charge in [0.15, 0.2) is 11.2 Å². The highest BCUT2D eigenvalue weighted by Gasteiger charge is 2.63. The van der Waals surface area contributed by atoms with Gasteiger partial charge in [-0.2, -0.15) is 0 Å². The highest BCUT2D eigenvalue weighted by molar-refractivity contribution is 7.95. The Labute approximate surface area is 222 Å². The largest absolute Gasteiger partial charge is 0.439 e. The lowest BCUT2D eigenvalue weighted by molar-refractivity contribution is -0.118. The minimum atomic E-state index is -4.47. The SMILES string of the molecule is NC1=C(S(=O)(=O)c2ccc(Cl)cc2)C2(C(=O)Nc3ccccc32)C2=C(O1)c1cccc3cccc(c13)C2=O. The molecule has 1 atom stereocenters. The van der Waals surface area contributed by atoms with Crippen molar-refractivity contribution in [3.63, 3.8) is 0 Å². The van der Waals surface area contributed by atoms with Crippen LogP contribution >= 0.6 is 11.6 Å². The van der Waals surface area contributed by atoms with E-state index < -0.39 is 37.7 Å². The molecule has 0 saturated heterocycles. The number of para-hydroxylation sites is 1. The number of fused-ring (bicyclic) bond motifs is 4. The maximum absolute atomic E-state index is 14.3. The topological polar surface area (TPSA) is 116 Å². The molecule has 0 fully saturated rings. The van der Waals surface area contributed by atoms with E-state index in [0.717, 1.165) is 5.39 Å². The Morgan fingerprint density at radius 3 is 2.26 bits per heavy atom. The summed E-state index contributed by atoms with van der Waals surface area (Å²) in [6, 6.07) is 22.9. The van der Waals surface area contributed by atoms with Gasteiger partial charge in [-0.05, 0) is 35.7 Å². The molecular formula is C29H17ClN2O5S. The van der Waals surface area contributed by atoms with Crippen molar-refractivity contribution >= 4 is 55.3 Å². The van der Waals surface area contributed by atoms with Crippen molar-refractivity contribution in [1.29, 1.82) is 0 Å². The number of carbonyl (C=O) groups excluding carboxylic acids is 2. The van der Waals surface area contributed by atoms with Gasteiger partial charge >= 0.3 is 0 Å². The first-order valence-corrected chi connectivity index (χ1v) is 13.5. The lowest BCUT2D eigenvalue weighted by Crippen LogP contribution is -2.48. The number of ketones is 1. The molecule has 1 amide bonds. The van der Waals surface area contributed by atoms with E-state index in [9.17, 15) is 18.0 Å². The number of nitrogens with one attached hydrogen (secondary N) is 1. The van der Waals surface area contributed by atoms with Gasteiger partial charge < -0.3 is 15.8 Å². The molecule has 4 aromatic carbocycles. The molecule has 0 saturated carbocycles. The Hall–Kier alpha value is -4.40. The molecule has 0 bridgehead atoms. The standard InChI is InChI=1S/C29H17ClN2O5S/c30-16-11-13-17(14-12-16)38(35,36)26-27(31)37-25-19-8-4-6-15-5-3-7-18(22(15)19)24(33)23(25)29(26)20-9-1-2-10-21(20)32-28(29)34/h1-14H,31H2,(H,32,34). The molecule has 0 aromatic heterocycles. The number of hydrogen-bond donors (Lipinski definition) is 2. The summed E-state index contributed by atoms with van der Waals surface area (Å²) < 4.78 is 34.6. The number of sulfone groups is 1. The Morgan fingerprint density at radius 1 is 0.842 bits per heavy atom. The van der Waals surface area contributed by atoms with Crippen LogP contribution in [0.25, 0.3) is 16.5 Å². The van der Waals surface area contributed by atoms with Crippen molar-refractivity contribution in [3.05, 3.63) is 123 Å². The maximum Gasteiger partial charge on any atom is 0.245 e. The van der Waals surface area contributed by atoms with Crippen molar-refractivity contribution in [2.45, 2.75) is 10.3 Å². The average molecular weight is 541 g/mol. The predicted octanol–water partition coefficient (Wildman–Crippen LogP) is 4.92. The number of carbonyl (C=O) groups is 2. The summed E-state index contributed by atoms with van der Waals surface area (Å²) in [6.07, 6.45) is 0. The number of nitrogens with two attached hydrogens (primary N) is 1. The van der Waals surface area contributed by atoms with Crippen molar-refractivity contribution in [2.75, 3.05) is 5.32 Å². The lowest BCUT2D eigenvalue weighted by Gasteiger charge is -2.39. The molecule has 7 rings (SSSR count). The van der Waals surface area contributed by atoms with Gasteiger partial charge in [-0.1, -0.05) is 66.2 Å². The summed E-state index contributed by atoms with van der Waals surface area (Å²) >= 11 is 6.01. The number of anilines is 1. The van der Waals surface area contributed by atoms with Crippen molar-refractivity contribution in [2.24, 2.45) is 5.73 Å². The Balaban J connectivity index is 1.63. The first-order valence-electron chi connectivity index (χ1n) is 11.7. The van der Waals surface area contributed by atoms with Gasteiger partial charge in [0, 0.05) is 32.8 Å². The number of Topliss-reactive ketones (excluding diaryl/α,β-unsaturated/α-hetero) is 1. The lowest BCUT2D eigenvalue weighted by atomic mass is 9.67. The van der Waals surface area contributed by atoms with E-state index in [1.807, 2.05) is 12.1 Å². The minimum absolute atomic E-state index is 0.0682. The number of benzene rings is 4. The van der Waals surface area contributed by atoms with Gasteiger partial charge in [-0.15, -0.1) is 0 Å². The molecule has 38 heavy (non-hydrogen) atoms. The second kappa shape index (κ2) is 7.56. The normalized spacial score (nSPS) is 19.9. The molecule has 1 aliphatic carbocycles. The number of amides is 1. The Morgan fingerprint density at radius 2 is 1.53 bits per heavy atom. The third-order valence-corrected chi connectivity index (χ3v) is 9.50. The number of halogens is 1. The third-order valence-electron chi connectivity index (χ3n) is 7.31. The van der Waals surface area contributed by atoms with Crippen LogP contribution in [0.4, 0.5) is 5.69 Å². The van der Waals surface area contributed by atoms with Crippen LogP contribution in [0, 0.1) is 0 Å². The molecule has 1 spiro atoms. The molecule has 2 heterocycles. The summed E-state index contributed by atoms with van der Waals surface area (Å²) in [5, 5.41) is 4.57. The summed E-state index contributed by atoms with van der Waals surface area (Å²) in [7, 11) is -4.47. The second-order valence-corrected chi connectivity index (χ2v) is 11.6. The molecular weight excluding hydrogens is 524 g/mol. The first kappa shape index (κ1) is 22.8. The highest BCUT2D eigenvalue weighted by Crippen LogP contribution is 2.58. The fourth-order valence-electron chi connectivity index (χ4n) is 5.79. The molecule has 2 aliphatic heterocycles. The van der Waals surface area contributed by atoms with Gasteiger partial charge in [0.2, 0.25) is 21.6 Å². The van der Waals surface area contributed by atoms with Gasteiger partial charge in [0.1, 0.15) is 10.7 Å². The molecule has 0 radical (unpaired) electrons. The molecule has 186 valence electrons.